The Kier molecular flexibility index (Phi) is 14.5. The highest BCUT2D eigenvalue weighted by molar-refractivity contribution is 6.30. The Balaban J connectivity index is 0.00000165. The molecule has 2 aromatic rings. The van der Waals surface area contributed by atoms with Crippen LogP contribution in [0.3, 0.4) is 0 Å². The van der Waals surface area contributed by atoms with Crippen LogP contribution in [0.5, 0.6) is 0 Å². The van der Waals surface area contributed by atoms with E-state index >= 15 is 0 Å². The molecule has 0 aliphatic carbocycles. The van der Waals surface area contributed by atoms with Crippen LogP contribution in [0.4, 0.5) is 14.5 Å². The number of hydrogen-bond acceptors (Lipinski definition) is 2. The molecule has 0 spiro atoms. The molecule has 2 atom stereocenters. The zero-order valence-electron chi connectivity index (χ0n) is 19.6. The predicted octanol–water partition coefficient (Wildman–Crippen LogP) is 8.65. The van der Waals surface area contributed by atoms with E-state index in [1.807, 2.05) is 40.7 Å². The molecular formula is C26H36ClF2NO. The van der Waals surface area contributed by atoms with E-state index in [1.54, 1.807) is 30.5 Å². The van der Waals surface area contributed by atoms with Gasteiger partial charge in [0, 0.05) is 5.69 Å². The highest BCUT2D eigenvalue weighted by atomic mass is 35.5. The van der Waals surface area contributed by atoms with E-state index in [0.717, 1.165) is 30.4 Å². The average molecular weight is 452 g/mol. The molecule has 0 heterocycles. The summed E-state index contributed by atoms with van der Waals surface area (Å²) in [5, 5.41) is 3.24. The van der Waals surface area contributed by atoms with Gasteiger partial charge in [-0.15, -0.1) is 0 Å². The van der Waals surface area contributed by atoms with E-state index in [4.69, 9.17) is 16.4 Å². The van der Waals surface area contributed by atoms with E-state index < -0.39 is 0 Å². The summed E-state index contributed by atoms with van der Waals surface area (Å²) in [6, 6.07) is 8.50. The first-order chi connectivity index (χ1) is 14.9. The number of carbonyl (C=O) groups excluding carboxylic acids is 1. The number of aryl methyl sites for hydroxylation is 1. The molecule has 5 heteroatoms. The molecule has 0 aliphatic heterocycles. The molecule has 2 nitrogen and oxygen atoms in total. The summed E-state index contributed by atoms with van der Waals surface area (Å²) in [5.41, 5.74) is 2.89. The molecule has 0 fully saturated rings. The molecule has 172 valence electrons. The Bertz CT molecular complexity index is 823. The van der Waals surface area contributed by atoms with Crippen molar-refractivity contribution in [3.63, 3.8) is 0 Å². The van der Waals surface area contributed by atoms with Crippen LogP contribution in [0.25, 0.3) is 0 Å². The lowest BCUT2D eigenvalue weighted by Crippen LogP contribution is -2.14. The average Bonchev–Trinajstić information content (AvgIpc) is 2.77. The standard InChI is InChI=1S/C22H26ClF2N.C2H4O.C2H6/c1-5-14-12-21(26-8-4)18(13-20(14)24)16(7-3)15(6-2)17-10-9-11-19(23)22(17)25;1-2-3;1-2/h8-13,15-16,26H,4-7H2,1-3H3;2H,1H3;1-2H3/t15-,16+;;/m0../s1. The van der Waals surface area contributed by atoms with Gasteiger partial charge in [-0.05, 0) is 79.1 Å². The second kappa shape index (κ2) is 15.6. The number of rotatable bonds is 8. The van der Waals surface area contributed by atoms with Crippen molar-refractivity contribution in [2.24, 2.45) is 0 Å². The van der Waals surface area contributed by atoms with Crippen LogP contribution in [-0.4, -0.2) is 6.29 Å². The smallest absolute Gasteiger partial charge is 0.145 e. The second-order valence-corrected chi connectivity index (χ2v) is 7.05. The fraction of sp³-hybridized carbons (Fsp3) is 0.423. The summed E-state index contributed by atoms with van der Waals surface area (Å²) >= 11 is 5.99. The van der Waals surface area contributed by atoms with Crippen LogP contribution < -0.4 is 5.32 Å². The fourth-order valence-corrected chi connectivity index (χ4v) is 3.88. The van der Waals surface area contributed by atoms with Crippen molar-refractivity contribution in [1.82, 2.24) is 0 Å². The van der Waals surface area contributed by atoms with Crippen LogP contribution in [0.2, 0.25) is 5.02 Å². The fourth-order valence-electron chi connectivity index (χ4n) is 3.70. The summed E-state index contributed by atoms with van der Waals surface area (Å²) in [5.74, 6) is -0.757. The zero-order valence-corrected chi connectivity index (χ0v) is 20.3. The molecule has 1 N–H and O–H groups in total. The molecular weight excluding hydrogens is 416 g/mol. The van der Waals surface area contributed by atoms with Gasteiger partial charge in [0.15, 0.2) is 0 Å². The lowest BCUT2D eigenvalue weighted by atomic mass is 9.77. The summed E-state index contributed by atoms with van der Waals surface area (Å²) in [6.07, 6.45) is 4.42. The molecule has 0 aromatic heterocycles. The van der Waals surface area contributed by atoms with Gasteiger partial charge < -0.3 is 10.1 Å². The van der Waals surface area contributed by atoms with Crippen LogP contribution in [0.15, 0.2) is 43.1 Å². The van der Waals surface area contributed by atoms with Crippen molar-refractivity contribution >= 4 is 23.6 Å². The Morgan fingerprint density at radius 1 is 1.06 bits per heavy atom. The van der Waals surface area contributed by atoms with E-state index in [9.17, 15) is 8.78 Å². The lowest BCUT2D eigenvalue weighted by molar-refractivity contribution is -0.106. The molecule has 0 saturated heterocycles. The first-order valence-corrected chi connectivity index (χ1v) is 11.3. The minimum atomic E-state index is -0.386. The maximum atomic E-state index is 14.7. The van der Waals surface area contributed by atoms with Gasteiger partial charge in [-0.2, -0.15) is 0 Å². The van der Waals surface area contributed by atoms with E-state index in [2.05, 4.69) is 11.9 Å². The highest BCUT2D eigenvalue weighted by Gasteiger charge is 2.28. The van der Waals surface area contributed by atoms with Gasteiger partial charge in [-0.1, -0.05) is 64.9 Å². The van der Waals surface area contributed by atoms with Gasteiger partial charge in [-0.25, -0.2) is 8.78 Å². The monoisotopic (exact) mass is 451 g/mol. The first-order valence-electron chi connectivity index (χ1n) is 10.9. The molecule has 0 amide bonds. The Morgan fingerprint density at radius 3 is 2.10 bits per heavy atom. The van der Waals surface area contributed by atoms with Crippen molar-refractivity contribution in [3.05, 3.63) is 76.5 Å². The largest absolute Gasteiger partial charge is 0.362 e. The van der Waals surface area contributed by atoms with E-state index in [-0.39, 0.29) is 28.5 Å². The highest BCUT2D eigenvalue weighted by Crippen LogP contribution is 2.43. The van der Waals surface area contributed by atoms with E-state index in [1.165, 1.54) is 6.92 Å². The molecule has 2 rings (SSSR count). The van der Waals surface area contributed by atoms with Crippen LogP contribution in [0.1, 0.15) is 82.9 Å². The van der Waals surface area contributed by atoms with Gasteiger partial charge in [0.05, 0.1) is 5.02 Å². The second-order valence-electron chi connectivity index (χ2n) is 6.64. The maximum absolute atomic E-state index is 14.7. The predicted molar refractivity (Wildman–Crippen MR) is 130 cm³/mol. The van der Waals surface area contributed by atoms with Crippen molar-refractivity contribution in [2.45, 2.75) is 72.6 Å². The van der Waals surface area contributed by atoms with Crippen molar-refractivity contribution in [3.8, 4) is 0 Å². The lowest BCUT2D eigenvalue weighted by Gasteiger charge is -2.29. The van der Waals surface area contributed by atoms with Crippen molar-refractivity contribution < 1.29 is 13.6 Å². The molecule has 0 aliphatic rings. The Labute approximate surface area is 191 Å². The van der Waals surface area contributed by atoms with Crippen LogP contribution in [0, 0.1) is 11.6 Å². The summed E-state index contributed by atoms with van der Waals surface area (Å²) in [4.78, 5) is 8.81. The SMILES string of the molecule is C=CNc1cc(CC)c(F)cc1[C@H](CC)[C@H](CC)c1cccc(Cl)c1F.CC.CC=O. The van der Waals surface area contributed by atoms with Crippen molar-refractivity contribution in [1.29, 1.82) is 0 Å². The number of halogens is 3. The minimum absolute atomic E-state index is 0.0455. The third-order valence-corrected chi connectivity index (χ3v) is 5.29. The number of benzene rings is 2. The number of nitrogens with one attached hydrogen (secondary N) is 1. The van der Waals surface area contributed by atoms with Gasteiger partial charge in [-0.3, -0.25) is 0 Å². The first kappa shape index (κ1) is 28.8. The normalized spacial score (nSPS) is 11.8. The molecule has 2 aromatic carbocycles. The Hall–Kier alpha value is -2.20. The van der Waals surface area contributed by atoms with E-state index in [0.29, 0.717) is 17.5 Å². The van der Waals surface area contributed by atoms with Gasteiger partial charge >= 0.3 is 0 Å². The number of carbonyl (C=O) groups is 1. The number of aldehydes is 1. The molecule has 0 saturated carbocycles. The minimum Gasteiger partial charge on any atom is -0.362 e. The third kappa shape index (κ3) is 7.77. The summed E-state index contributed by atoms with van der Waals surface area (Å²) in [6.45, 7) is 15.2. The number of hydrogen-bond donors (Lipinski definition) is 1. The molecule has 31 heavy (non-hydrogen) atoms. The van der Waals surface area contributed by atoms with Gasteiger partial charge in [0.25, 0.3) is 0 Å². The molecule has 0 unspecified atom stereocenters. The third-order valence-electron chi connectivity index (χ3n) is 5.00. The van der Waals surface area contributed by atoms with Crippen LogP contribution >= 0.6 is 11.6 Å². The quantitative estimate of drug-likeness (QED) is 0.407. The Morgan fingerprint density at radius 2 is 1.61 bits per heavy atom. The van der Waals surface area contributed by atoms with Gasteiger partial charge in [0.1, 0.15) is 17.9 Å². The topological polar surface area (TPSA) is 29.1 Å². The molecule has 0 radical (unpaired) electrons. The summed E-state index contributed by atoms with van der Waals surface area (Å²) < 4.78 is 29.2. The van der Waals surface area contributed by atoms with Gasteiger partial charge in [0.2, 0.25) is 0 Å². The zero-order chi connectivity index (χ0) is 24.0. The van der Waals surface area contributed by atoms with Crippen LogP contribution in [-0.2, 0) is 11.2 Å². The van der Waals surface area contributed by atoms with Crippen molar-refractivity contribution in [2.75, 3.05) is 5.32 Å². The maximum Gasteiger partial charge on any atom is 0.145 e. The molecule has 0 bridgehead atoms. The number of anilines is 1. The summed E-state index contributed by atoms with van der Waals surface area (Å²) in [7, 11) is 0.